The van der Waals surface area contributed by atoms with Crippen molar-refractivity contribution in [2.24, 2.45) is 11.5 Å². The van der Waals surface area contributed by atoms with Crippen molar-refractivity contribution in [2.45, 2.75) is 24.8 Å². The van der Waals surface area contributed by atoms with Gasteiger partial charge in [-0.3, -0.25) is 4.98 Å². The predicted molar refractivity (Wildman–Crippen MR) is 106 cm³/mol. The van der Waals surface area contributed by atoms with E-state index in [1.807, 2.05) is 49.4 Å². The second-order valence-corrected chi connectivity index (χ2v) is 7.28. The Balaban J connectivity index is 2.12. The maximum atomic E-state index is 9.17. The molecule has 0 fully saturated rings. The Labute approximate surface area is 158 Å². The zero-order valence-electron chi connectivity index (χ0n) is 14.6. The van der Waals surface area contributed by atoms with Crippen molar-refractivity contribution in [2.75, 3.05) is 6.54 Å². The molecule has 1 aromatic heterocycles. The van der Waals surface area contributed by atoms with Crippen LogP contribution in [-0.2, 0) is 6.42 Å². The molecule has 0 amide bonds. The lowest BCUT2D eigenvalue weighted by molar-refractivity contribution is 0.384. The molecule has 0 aliphatic rings. The summed E-state index contributed by atoms with van der Waals surface area (Å²) in [5.74, 6) is -0.0341. The van der Waals surface area contributed by atoms with Gasteiger partial charge in [0.15, 0.2) is 0 Å². The van der Waals surface area contributed by atoms with E-state index < -0.39 is 5.54 Å². The van der Waals surface area contributed by atoms with Crippen LogP contribution in [0, 0.1) is 11.3 Å². The molecule has 0 bridgehead atoms. The molecule has 0 aliphatic carbocycles. The minimum absolute atomic E-state index is 0.0341. The topological polar surface area (TPSA) is 88.7 Å². The van der Waals surface area contributed by atoms with E-state index in [1.54, 1.807) is 12.3 Å². The number of rotatable bonds is 5. The highest BCUT2D eigenvalue weighted by Crippen LogP contribution is 2.34. The lowest BCUT2D eigenvalue weighted by atomic mass is 9.76. The summed E-state index contributed by atoms with van der Waals surface area (Å²) in [7, 11) is 0. The molecule has 0 radical (unpaired) electrons. The molecular formula is C21H21ClN4. The summed E-state index contributed by atoms with van der Waals surface area (Å²) in [5, 5.41) is 10.8. The van der Waals surface area contributed by atoms with Gasteiger partial charge >= 0.3 is 0 Å². The average Bonchev–Trinajstić information content (AvgIpc) is 2.65. The lowest BCUT2D eigenvalue weighted by Gasteiger charge is -2.34. The number of hydrogen-bond acceptors (Lipinski definition) is 4. The first-order valence-corrected chi connectivity index (χ1v) is 8.84. The number of benzene rings is 2. The number of aromatic nitrogens is 1. The van der Waals surface area contributed by atoms with Crippen LogP contribution in [0.4, 0.5) is 0 Å². The maximum Gasteiger partial charge on any atom is 0.0991 e. The summed E-state index contributed by atoms with van der Waals surface area (Å²) in [6, 6.07) is 17.5. The number of nitriles is 1. The first kappa shape index (κ1) is 18.3. The Hall–Kier alpha value is -2.45. The molecule has 5 heteroatoms. The smallest absolute Gasteiger partial charge is 0.0991 e. The number of nitrogens with zero attached hydrogens (tertiary/aromatic N) is 2. The Morgan fingerprint density at radius 2 is 2.04 bits per heavy atom. The van der Waals surface area contributed by atoms with Crippen LogP contribution < -0.4 is 11.5 Å². The van der Waals surface area contributed by atoms with Crippen molar-refractivity contribution in [3.05, 3.63) is 76.4 Å². The normalized spacial score (nSPS) is 14.6. The first-order valence-electron chi connectivity index (χ1n) is 8.47. The SMILES string of the molecule is CC(N)(CN)C(Cc1cccc(C#N)c1)c1ccnc2cc(Cl)ccc12. The molecule has 4 N–H and O–H groups in total. The van der Waals surface area contributed by atoms with Crippen LogP contribution in [0.3, 0.4) is 0 Å². The van der Waals surface area contributed by atoms with Crippen LogP contribution in [0.1, 0.15) is 29.5 Å². The predicted octanol–water partition coefficient (Wildman–Crippen LogP) is 3.76. The minimum atomic E-state index is -0.615. The average molecular weight is 365 g/mol. The van der Waals surface area contributed by atoms with Crippen LogP contribution in [-0.4, -0.2) is 17.1 Å². The summed E-state index contributed by atoms with van der Waals surface area (Å²) in [6.07, 6.45) is 2.46. The van der Waals surface area contributed by atoms with Gasteiger partial charge in [0.25, 0.3) is 0 Å². The Bertz CT molecular complexity index is 975. The van der Waals surface area contributed by atoms with Gasteiger partial charge in [0, 0.05) is 34.6 Å². The second kappa shape index (κ2) is 7.43. The molecule has 0 saturated heterocycles. The van der Waals surface area contributed by atoms with Crippen LogP contribution in [0.2, 0.25) is 5.02 Å². The monoisotopic (exact) mass is 364 g/mol. The number of hydrogen-bond donors (Lipinski definition) is 2. The molecule has 0 spiro atoms. The van der Waals surface area contributed by atoms with Gasteiger partial charge in [-0.2, -0.15) is 5.26 Å². The van der Waals surface area contributed by atoms with E-state index in [2.05, 4.69) is 11.1 Å². The number of halogens is 1. The van der Waals surface area contributed by atoms with Crippen molar-refractivity contribution < 1.29 is 0 Å². The van der Waals surface area contributed by atoms with Crippen LogP contribution >= 0.6 is 11.6 Å². The lowest BCUT2D eigenvalue weighted by Crippen LogP contribution is -2.50. The van der Waals surface area contributed by atoms with Gasteiger partial charge in [0.05, 0.1) is 17.1 Å². The third-order valence-electron chi connectivity index (χ3n) is 4.85. The van der Waals surface area contributed by atoms with Crippen molar-refractivity contribution >= 4 is 22.5 Å². The van der Waals surface area contributed by atoms with Crippen LogP contribution in [0.5, 0.6) is 0 Å². The van der Waals surface area contributed by atoms with Crippen molar-refractivity contribution in [1.29, 1.82) is 5.26 Å². The van der Waals surface area contributed by atoms with Gasteiger partial charge in [-0.15, -0.1) is 0 Å². The quantitative estimate of drug-likeness (QED) is 0.721. The van der Waals surface area contributed by atoms with Gasteiger partial charge in [-0.25, -0.2) is 0 Å². The fourth-order valence-corrected chi connectivity index (χ4v) is 3.46. The van der Waals surface area contributed by atoms with E-state index >= 15 is 0 Å². The second-order valence-electron chi connectivity index (χ2n) is 6.84. The van der Waals surface area contributed by atoms with Gasteiger partial charge in [0.2, 0.25) is 0 Å². The molecular weight excluding hydrogens is 344 g/mol. The van der Waals surface area contributed by atoms with Crippen molar-refractivity contribution in [1.82, 2.24) is 4.98 Å². The molecule has 1 heterocycles. The van der Waals surface area contributed by atoms with Gasteiger partial charge < -0.3 is 11.5 Å². The summed E-state index contributed by atoms with van der Waals surface area (Å²) in [4.78, 5) is 4.43. The van der Waals surface area contributed by atoms with Crippen molar-refractivity contribution in [3.63, 3.8) is 0 Å². The van der Waals surface area contributed by atoms with E-state index in [0.717, 1.165) is 22.0 Å². The molecule has 0 saturated carbocycles. The van der Waals surface area contributed by atoms with E-state index in [-0.39, 0.29) is 5.92 Å². The highest BCUT2D eigenvalue weighted by molar-refractivity contribution is 6.31. The van der Waals surface area contributed by atoms with Crippen molar-refractivity contribution in [3.8, 4) is 6.07 Å². The molecule has 2 unspecified atom stereocenters. The van der Waals surface area contributed by atoms with Gasteiger partial charge in [-0.05, 0) is 54.8 Å². The molecule has 0 aliphatic heterocycles. The number of pyridine rings is 1. The number of nitrogens with two attached hydrogens (primary N) is 2. The fraction of sp³-hybridized carbons (Fsp3) is 0.238. The molecule has 2 aromatic carbocycles. The Morgan fingerprint density at radius 3 is 2.77 bits per heavy atom. The third-order valence-corrected chi connectivity index (χ3v) is 5.08. The Morgan fingerprint density at radius 1 is 1.23 bits per heavy atom. The molecule has 132 valence electrons. The van der Waals surface area contributed by atoms with Gasteiger partial charge in [-0.1, -0.05) is 29.8 Å². The van der Waals surface area contributed by atoms with E-state index in [9.17, 15) is 5.26 Å². The third kappa shape index (κ3) is 3.71. The molecule has 26 heavy (non-hydrogen) atoms. The van der Waals surface area contributed by atoms with E-state index in [0.29, 0.717) is 23.6 Å². The summed E-state index contributed by atoms with van der Waals surface area (Å²) in [6.45, 7) is 2.31. The zero-order chi connectivity index (χ0) is 18.7. The van der Waals surface area contributed by atoms with Crippen LogP contribution in [0.25, 0.3) is 10.9 Å². The zero-order valence-corrected chi connectivity index (χ0v) is 15.4. The summed E-state index contributed by atoms with van der Waals surface area (Å²) >= 11 is 6.12. The molecule has 4 nitrogen and oxygen atoms in total. The Kier molecular flexibility index (Phi) is 5.24. The first-order chi connectivity index (χ1) is 12.4. The maximum absolute atomic E-state index is 9.17. The molecule has 3 aromatic rings. The molecule has 3 rings (SSSR count). The van der Waals surface area contributed by atoms with E-state index in [1.165, 1.54) is 0 Å². The summed E-state index contributed by atoms with van der Waals surface area (Å²) in [5.41, 5.74) is 15.6. The standard InChI is InChI=1S/C21H21ClN4/c1-21(25,13-24)19(10-14-3-2-4-15(9-14)12-23)17-7-8-26-20-11-16(22)5-6-18(17)20/h2-9,11,19H,10,13,24-25H2,1H3. The highest BCUT2D eigenvalue weighted by atomic mass is 35.5. The number of fused-ring (bicyclic) bond motifs is 1. The van der Waals surface area contributed by atoms with E-state index in [4.69, 9.17) is 23.1 Å². The summed E-state index contributed by atoms with van der Waals surface area (Å²) < 4.78 is 0. The van der Waals surface area contributed by atoms with Gasteiger partial charge in [0.1, 0.15) is 0 Å². The molecule has 2 atom stereocenters. The minimum Gasteiger partial charge on any atom is -0.329 e. The largest absolute Gasteiger partial charge is 0.329 e. The highest BCUT2D eigenvalue weighted by Gasteiger charge is 2.31. The van der Waals surface area contributed by atoms with Crippen LogP contribution in [0.15, 0.2) is 54.7 Å². The fourth-order valence-electron chi connectivity index (χ4n) is 3.29.